The Morgan fingerprint density at radius 2 is 1.76 bits per heavy atom. The molecule has 1 aromatic rings. The molecule has 4 N–H and O–H groups in total. The Morgan fingerprint density at radius 1 is 1.05 bits per heavy atom. The zero-order chi connectivity index (χ0) is 14.8. The molecular weight excluding hydrogens is 266 g/mol. The topological polar surface area (TPSA) is 92.0 Å². The third-order valence-corrected chi connectivity index (χ3v) is 4.92. The fourth-order valence-corrected chi connectivity index (χ4v) is 3.29. The average molecular weight is 291 g/mol. The molecule has 3 atom stereocenters. The van der Waals surface area contributed by atoms with E-state index in [4.69, 9.17) is 5.84 Å². The van der Waals surface area contributed by atoms with E-state index in [9.17, 15) is 0 Å². The van der Waals surface area contributed by atoms with Crippen LogP contribution in [0.4, 0.5) is 17.8 Å². The van der Waals surface area contributed by atoms with Crippen LogP contribution in [0.15, 0.2) is 0 Å². The molecule has 0 amide bonds. The fraction of sp³-hybridized carbons (Fsp3) is 0.786. The maximum atomic E-state index is 5.49. The van der Waals surface area contributed by atoms with Crippen LogP contribution in [0.3, 0.4) is 0 Å². The molecule has 1 saturated carbocycles. The Morgan fingerprint density at radius 3 is 2.38 bits per heavy atom. The molecule has 7 heteroatoms. The quantitative estimate of drug-likeness (QED) is 0.573. The van der Waals surface area contributed by atoms with E-state index < -0.39 is 0 Å². The van der Waals surface area contributed by atoms with E-state index in [1.54, 1.807) is 0 Å². The monoisotopic (exact) mass is 291 g/mol. The zero-order valence-corrected chi connectivity index (χ0v) is 12.8. The molecule has 1 saturated heterocycles. The molecule has 1 aliphatic heterocycles. The van der Waals surface area contributed by atoms with E-state index in [0.717, 1.165) is 25.0 Å². The van der Waals surface area contributed by atoms with Crippen molar-refractivity contribution in [1.82, 2.24) is 15.0 Å². The summed E-state index contributed by atoms with van der Waals surface area (Å²) in [5, 5.41) is 3.48. The summed E-state index contributed by atoms with van der Waals surface area (Å²) < 4.78 is 0. The summed E-state index contributed by atoms with van der Waals surface area (Å²) in [6, 6.07) is 0.430. The van der Waals surface area contributed by atoms with Crippen LogP contribution in [0.5, 0.6) is 0 Å². The molecular formula is C14H25N7. The van der Waals surface area contributed by atoms with Crippen LogP contribution in [-0.4, -0.2) is 34.1 Å². The van der Waals surface area contributed by atoms with Gasteiger partial charge in [-0.05, 0) is 37.5 Å². The number of hydrogen-bond acceptors (Lipinski definition) is 7. The van der Waals surface area contributed by atoms with Gasteiger partial charge >= 0.3 is 0 Å². The second-order valence-electron chi connectivity index (χ2n) is 6.29. The van der Waals surface area contributed by atoms with Crippen molar-refractivity contribution in [2.75, 3.05) is 28.7 Å². The second-order valence-corrected chi connectivity index (χ2v) is 6.29. The molecule has 116 valence electrons. The van der Waals surface area contributed by atoms with E-state index in [1.165, 1.54) is 25.7 Å². The first kappa shape index (κ1) is 14.3. The van der Waals surface area contributed by atoms with Crippen LogP contribution in [0.25, 0.3) is 0 Å². The standard InChI is InChI=1S/C14H25N7/c1-9-5-6-11(10(9)2)16-12-17-13(20-15)19-14(18-12)21-7-3-4-8-21/h9-11H,3-8,15H2,1-2H3,(H2,16,17,18,19,20). The van der Waals surface area contributed by atoms with Gasteiger partial charge in [0.15, 0.2) is 0 Å². The van der Waals surface area contributed by atoms with E-state index in [1.807, 2.05) is 0 Å². The van der Waals surface area contributed by atoms with Crippen LogP contribution in [0, 0.1) is 11.8 Å². The first-order valence-corrected chi connectivity index (χ1v) is 7.91. The summed E-state index contributed by atoms with van der Waals surface area (Å²) in [4.78, 5) is 15.5. The van der Waals surface area contributed by atoms with E-state index in [0.29, 0.717) is 23.9 Å². The van der Waals surface area contributed by atoms with Gasteiger partial charge in [0.2, 0.25) is 17.8 Å². The highest BCUT2D eigenvalue weighted by Gasteiger charge is 2.30. The Labute approximate surface area is 125 Å². The SMILES string of the molecule is CC1CCC(Nc2nc(NN)nc(N3CCCC3)n2)C1C. The maximum Gasteiger partial charge on any atom is 0.243 e. The third-order valence-electron chi connectivity index (χ3n) is 4.92. The van der Waals surface area contributed by atoms with Gasteiger partial charge in [-0.3, -0.25) is 5.43 Å². The number of nitrogens with zero attached hydrogens (tertiary/aromatic N) is 4. The molecule has 0 radical (unpaired) electrons. The molecule has 1 aliphatic carbocycles. The number of nitrogen functional groups attached to an aromatic ring is 1. The van der Waals surface area contributed by atoms with Gasteiger partial charge in [0.05, 0.1) is 0 Å². The molecule has 2 aliphatic rings. The van der Waals surface area contributed by atoms with Gasteiger partial charge in [0, 0.05) is 19.1 Å². The van der Waals surface area contributed by atoms with Gasteiger partial charge in [-0.1, -0.05) is 13.8 Å². The summed E-state index contributed by atoms with van der Waals surface area (Å²) >= 11 is 0. The number of nitrogens with two attached hydrogens (primary N) is 1. The molecule has 0 spiro atoms. The summed E-state index contributed by atoms with van der Waals surface area (Å²) in [6.45, 7) is 6.61. The molecule has 21 heavy (non-hydrogen) atoms. The number of aromatic nitrogens is 3. The largest absolute Gasteiger partial charge is 0.351 e. The van der Waals surface area contributed by atoms with Gasteiger partial charge in [-0.15, -0.1) is 0 Å². The Hall–Kier alpha value is -1.63. The summed E-state index contributed by atoms with van der Waals surface area (Å²) in [5.74, 6) is 8.64. The number of anilines is 3. The van der Waals surface area contributed by atoms with Gasteiger partial charge in [0.1, 0.15) is 0 Å². The molecule has 3 unspecified atom stereocenters. The van der Waals surface area contributed by atoms with Gasteiger partial charge < -0.3 is 10.2 Å². The minimum absolute atomic E-state index is 0.424. The van der Waals surface area contributed by atoms with Crippen molar-refractivity contribution in [3.63, 3.8) is 0 Å². The van der Waals surface area contributed by atoms with Gasteiger partial charge in [-0.2, -0.15) is 15.0 Å². The predicted octanol–water partition coefficient (Wildman–Crippen LogP) is 1.60. The molecule has 3 rings (SSSR count). The lowest BCUT2D eigenvalue weighted by Crippen LogP contribution is -2.27. The molecule has 2 heterocycles. The van der Waals surface area contributed by atoms with Crippen molar-refractivity contribution in [3.05, 3.63) is 0 Å². The molecule has 2 fully saturated rings. The first-order valence-electron chi connectivity index (χ1n) is 7.91. The second kappa shape index (κ2) is 6.01. The smallest absolute Gasteiger partial charge is 0.243 e. The minimum atomic E-state index is 0.424. The highest BCUT2D eigenvalue weighted by atomic mass is 15.4. The van der Waals surface area contributed by atoms with Crippen molar-refractivity contribution < 1.29 is 0 Å². The van der Waals surface area contributed by atoms with E-state index in [2.05, 4.69) is 44.4 Å². The predicted molar refractivity (Wildman–Crippen MR) is 84.1 cm³/mol. The number of rotatable bonds is 4. The maximum absolute atomic E-state index is 5.49. The van der Waals surface area contributed by atoms with E-state index in [-0.39, 0.29) is 0 Å². The van der Waals surface area contributed by atoms with Crippen molar-refractivity contribution in [3.8, 4) is 0 Å². The Balaban J connectivity index is 1.79. The summed E-state index contributed by atoms with van der Waals surface area (Å²) in [7, 11) is 0. The Kier molecular flexibility index (Phi) is 4.10. The summed E-state index contributed by atoms with van der Waals surface area (Å²) in [5.41, 5.74) is 2.55. The zero-order valence-electron chi connectivity index (χ0n) is 12.8. The number of nitrogens with one attached hydrogen (secondary N) is 2. The van der Waals surface area contributed by atoms with Crippen LogP contribution in [-0.2, 0) is 0 Å². The van der Waals surface area contributed by atoms with Gasteiger partial charge in [0.25, 0.3) is 0 Å². The first-order chi connectivity index (χ1) is 10.2. The van der Waals surface area contributed by atoms with Crippen LogP contribution >= 0.6 is 0 Å². The number of hydrogen-bond donors (Lipinski definition) is 3. The highest BCUT2D eigenvalue weighted by molar-refractivity contribution is 5.44. The lowest BCUT2D eigenvalue weighted by atomic mass is 9.98. The normalized spacial score (nSPS) is 28.9. The molecule has 1 aromatic heterocycles. The van der Waals surface area contributed by atoms with E-state index >= 15 is 0 Å². The molecule has 0 bridgehead atoms. The number of hydrazine groups is 1. The highest BCUT2D eigenvalue weighted by Crippen LogP contribution is 2.33. The van der Waals surface area contributed by atoms with Crippen molar-refractivity contribution >= 4 is 17.8 Å². The van der Waals surface area contributed by atoms with Crippen molar-refractivity contribution in [1.29, 1.82) is 0 Å². The lowest BCUT2D eigenvalue weighted by molar-refractivity contribution is 0.434. The summed E-state index contributed by atoms with van der Waals surface area (Å²) in [6.07, 6.45) is 4.80. The van der Waals surface area contributed by atoms with Crippen LogP contribution in [0.1, 0.15) is 39.5 Å². The average Bonchev–Trinajstić information content (AvgIpc) is 3.13. The molecule has 7 nitrogen and oxygen atoms in total. The van der Waals surface area contributed by atoms with Crippen LogP contribution in [0.2, 0.25) is 0 Å². The fourth-order valence-electron chi connectivity index (χ4n) is 3.29. The van der Waals surface area contributed by atoms with Crippen molar-refractivity contribution in [2.24, 2.45) is 17.7 Å². The Bertz CT molecular complexity index is 486. The van der Waals surface area contributed by atoms with Gasteiger partial charge in [-0.25, -0.2) is 5.84 Å². The van der Waals surface area contributed by atoms with Crippen LogP contribution < -0.4 is 21.5 Å². The lowest BCUT2D eigenvalue weighted by Gasteiger charge is -2.21. The molecule has 0 aromatic carbocycles. The van der Waals surface area contributed by atoms with Crippen molar-refractivity contribution in [2.45, 2.75) is 45.6 Å². The minimum Gasteiger partial charge on any atom is -0.351 e. The third kappa shape index (κ3) is 3.02.